The second kappa shape index (κ2) is 21.9. The summed E-state index contributed by atoms with van der Waals surface area (Å²) in [4.78, 5) is 35.5. The number of rotatable bonds is 8. The van der Waals surface area contributed by atoms with Gasteiger partial charge in [0.1, 0.15) is 0 Å². The fraction of sp³-hybridized carbons (Fsp3) is 0.581. The average Bonchev–Trinajstić information content (AvgIpc) is 2.93. The zero-order chi connectivity index (χ0) is 29.6. The Morgan fingerprint density at radius 1 is 0.897 bits per heavy atom. The summed E-state index contributed by atoms with van der Waals surface area (Å²) >= 11 is 0. The fourth-order valence-electron chi connectivity index (χ4n) is 3.83. The topological polar surface area (TPSA) is 128 Å². The molecule has 1 aliphatic rings. The van der Waals surface area contributed by atoms with E-state index in [2.05, 4.69) is 31.4 Å². The van der Waals surface area contributed by atoms with Crippen molar-refractivity contribution in [3.05, 3.63) is 48.0 Å². The first kappa shape index (κ1) is 36.0. The van der Waals surface area contributed by atoms with Crippen LogP contribution in [0.3, 0.4) is 0 Å². The van der Waals surface area contributed by atoms with Gasteiger partial charge >= 0.3 is 0 Å². The largest absolute Gasteiger partial charge is 0.393 e. The Bertz CT molecular complexity index is 955. The lowest BCUT2D eigenvalue weighted by molar-refractivity contribution is -0.135. The van der Waals surface area contributed by atoms with E-state index in [4.69, 9.17) is 10.3 Å². The molecule has 8 heteroatoms. The van der Waals surface area contributed by atoms with Crippen LogP contribution in [0.5, 0.6) is 0 Å². The summed E-state index contributed by atoms with van der Waals surface area (Å²) in [6.45, 7) is 12.6. The highest BCUT2D eigenvalue weighted by Crippen LogP contribution is 2.20. The van der Waals surface area contributed by atoms with Gasteiger partial charge < -0.3 is 15.7 Å². The van der Waals surface area contributed by atoms with Crippen molar-refractivity contribution in [2.24, 2.45) is 11.8 Å². The molecular weight excluding hydrogens is 494 g/mol. The third-order valence-electron chi connectivity index (χ3n) is 5.60. The molecule has 5 N–H and O–H groups in total. The molecule has 0 saturated heterocycles. The van der Waals surface area contributed by atoms with Gasteiger partial charge in [0.05, 0.1) is 18.6 Å². The Morgan fingerprint density at radius 2 is 1.49 bits per heavy atom. The number of nitrogens with one attached hydrogen (secondary N) is 3. The summed E-state index contributed by atoms with van der Waals surface area (Å²) in [6, 6.07) is 13.7. The lowest BCUT2D eigenvalue weighted by Gasteiger charge is -2.16. The van der Waals surface area contributed by atoms with Gasteiger partial charge in [-0.2, -0.15) is 0 Å². The van der Waals surface area contributed by atoms with Gasteiger partial charge in [0.25, 0.3) is 0 Å². The number of hydrogen-bond acceptors (Lipinski definition) is 5. The first-order valence-corrected chi connectivity index (χ1v) is 14.3. The van der Waals surface area contributed by atoms with E-state index in [1.54, 1.807) is 12.4 Å². The van der Waals surface area contributed by atoms with Crippen molar-refractivity contribution < 1.29 is 24.7 Å². The molecule has 0 aliphatic heterocycles. The van der Waals surface area contributed by atoms with Crippen molar-refractivity contribution in [3.63, 3.8) is 0 Å². The summed E-state index contributed by atoms with van der Waals surface area (Å²) in [5, 5.41) is 24.9. The molecule has 1 saturated carbocycles. The summed E-state index contributed by atoms with van der Waals surface area (Å²) in [5.74, 6) is -1.22. The Morgan fingerprint density at radius 3 is 2.00 bits per heavy atom. The maximum atomic E-state index is 12.4. The van der Waals surface area contributed by atoms with E-state index in [9.17, 15) is 14.4 Å². The van der Waals surface area contributed by atoms with E-state index in [-0.39, 0.29) is 25.0 Å². The Hall–Kier alpha value is -2.97. The van der Waals surface area contributed by atoms with Crippen molar-refractivity contribution >= 4 is 28.5 Å². The first-order chi connectivity index (χ1) is 18.7. The number of aliphatic hydroxyl groups excluding tert-OH is 1. The minimum atomic E-state index is -0.697. The number of fused-ring (bicyclic) bond motifs is 1. The molecule has 1 aliphatic carbocycles. The van der Waals surface area contributed by atoms with E-state index in [0.29, 0.717) is 13.0 Å². The van der Waals surface area contributed by atoms with Crippen LogP contribution in [0.25, 0.3) is 10.8 Å². The third-order valence-corrected chi connectivity index (χ3v) is 5.60. The number of amides is 3. The maximum Gasteiger partial charge on any atom is 0.244 e. The van der Waals surface area contributed by atoms with Crippen LogP contribution in [-0.4, -0.2) is 47.2 Å². The molecule has 220 valence electrons. The standard InChI is InChI=1S/C19H23N3O4.C6H12O.C4H10.C2H6/c1-2-20-18(24)12-21-19(25)16(11-17(23)22-26)10-13-7-8-14-5-3-4-6-15(14)9-13;7-6-4-2-1-3-5-6;1-4(2)3;1-2/h3-9,16,26H,2,10-12H2,1H3,(H,20,24)(H,21,25)(H,22,23);6-7H,1-5H2;4H,1-3H3;1-2H3. The highest BCUT2D eigenvalue weighted by molar-refractivity contribution is 5.89. The smallest absolute Gasteiger partial charge is 0.244 e. The molecule has 8 nitrogen and oxygen atoms in total. The van der Waals surface area contributed by atoms with Crippen molar-refractivity contribution in [3.8, 4) is 0 Å². The van der Waals surface area contributed by atoms with Crippen LogP contribution in [0, 0.1) is 11.8 Å². The first-order valence-electron chi connectivity index (χ1n) is 14.3. The molecule has 0 radical (unpaired) electrons. The van der Waals surface area contributed by atoms with Crippen LogP contribution in [0.1, 0.15) is 85.6 Å². The predicted octanol–water partition coefficient (Wildman–Crippen LogP) is 5.15. The normalized spacial score (nSPS) is 13.4. The van der Waals surface area contributed by atoms with Crippen LogP contribution in [-0.2, 0) is 20.8 Å². The van der Waals surface area contributed by atoms with Gasteiger partial charge in [0.2, 0.25) is 17.7 Å². The summed E-state index contributed by atoms with van der Waals surface area (Å²) in [7, 11) is 0. The predicted molar refractivity (Wildman–Crippen MR) is 158 cm³/mol. The average molecular weight is 546 g/mol. The number of aliphatic hydroxyl groups is 1. The minimum Gasteiger partial charge on any atom is -0.393 e. The van der Waals surface area contributed by atoms with E-state index in [1.165, 1.54) is 19.3 Å². The lowest BCUT2D eigenvalue weighted by Crippen LogP contribution is -2.41. The summed E-state index contributed by atoms with van der Waals surface area (Å²) < 4.78 is 0. The number of benzene rings is 2. The molecule has 2 aromatic rings. The highest BCUT2D eigenvalue weighted by atomic mass is 16.5. The number of hydrogen-bond donors (Lipinski definition) is 5. The molecule has 3 amide bonds. The Labute approximate surface area is 234 Å². The molecule has 39 heavy (non-hydrogen) atoms. The van der Waals surface area contributed by atoms with Crippen LogP contribution in [0.4, 0.5) is 0 Å². The Kier molecular flexibility index (Phi) is 20.2. The number of hydroxylamine groups is 1. The Balaban J connectivity index is 0.000000915. The molecule has 0 heterocycles. The quantitative estimate of drug-likeness (QED) is 0.232. The van der Waals surface area contributed by atoms with Gasteiger partial charge in [-0.15, -0.1) is 0 Å². The van der Waals surface area contributed by atoms with Gasteiger partial charge in [-0.05, 0) is 48.4 Å². The van der Waals surface area contributed by atoms with Crippen LogP contribution < -0.4 is 16.1 Å². The van der Waals surface area contributed by atoms with Gasteiger partial charge in [0, 0.05) is 13.0 Å². The molecule has 0 bridgehead atoms. The van der Waals surface area contributed by atoms with Gasteiger partial charge in [0.15, 0.2) is 0 Å². The van der Waals surface area contributed by atoms with Crippen molar-refractivity contribution in [2.75, 3.05) is 13.1 Å². The van der Waals surface area contributed by atoms with Crippen LogP contribution in [0.15, 0.2) is 42.5 Å². The molecule has 2 aromatic carbocycles. The molecular formula is C31H51N3O5. The molecule has 3 rings (SSSR count). The molecule has 0 aromatic heterocycles. The van der Waals surface area contributed by atoms with Gasteiger partial charge in [-0.3, -0.25) is 19.6 Å². The highest BCUT2D eigenvalue weighted by Gasteiger charge is 2.23. The lowest BCUT2D eigenvalue weighted by atomic mass is 9.93. The van der Waals surface area contributed by atoms with Crippen LogP contribution >= 0.6 is 0 Å². The molecule has 1 atom stereocenters. The maximum absolute atomic E-state index is 12.4. The van der Waals surface area contributed by atoms with Gasteiger partial charge in [-0.1, -0.05) is 96.3 Å². The van der Waals surface area contributed by atoms with Crippen molar-refractivity contribution in [2.45, 2.75) is 92.6 Å². The third kappa shape index (κ3) is 17.3. The number of carbonyl (C=O) groups is 3. The molecule has 0 spiro atoms. The van der Waals surface area contributed by atoms with Crippen LogP contribution in [0.2, 0.25) is 0 Å². The van der Waals surface area contributed by atoms with E-state index < -0.39 is 17.7 Å². The number of carbonyl (C=O) groups excluding carboxylic acids is 3. The van der Waals surface area contributed by atoms with E-state index in [1.807, 2.05) is 56.3 Å². The molecule has 1 fully saturated rings. The fourth-order valence-corrected chi connectivity index (χ4v) is 3.83. The minimum absolute atomic E-state index is 0.0359. The second-order valence-electron chi connectivity index (χ2n) is 10.0. The second-order valence-corrected chi connectivity index (χ2v) is 10.0. The summed E-state index contributed by atoms with van der Waals surface area (Å²) in [6.07, 6.45) is 6.07. The summed E-state index contributed by atoms with van der Waals surface area (Å²) in [5.41, 5.74) is 2.45. The van der Waals surface area contributed by atoms with E-state index >= 15 is 0 Å². The zero-order valence-corrected chi connectivity index (χ0v) is 24.8. The monoisotopic (exact) mass is 545 g/mol. The van der Waals surface area contributed by atoms with E-state index in [0.717, 1.165) is 35.1 Å². The van der Waals surface area contributed by atoms with Gasteiger partial charge in [-0.25, -0.2) is 5.48 Å². The van der Waals surface area contributed by atoms with Crippen molar-refractivity contribution in [1.82, 2.24) is 16.1 Å². The molecule has 1 unspecified atom stereocenters. The van der Waals surface area contributed by atoms with Crippen molar-refractivity contribution in [1.29, 1.82) is 0 Å². The number of likely N-dealkylation sites (N-methyl/N-ethyl adjacent to an activating group) is 1. The zero-order valence-electron chi connectivity index (χ0n) is 24.8. The SMILES string of the molecule is CC.CC(C)C.CCNC(=O)CNC(=O)C(CC(=O)NO)Cc1ccc2ccccc2c1.OC1CCCCC1.